The molecule has 18 heavy (non-hydrogen) atoms. The molecular formula is C11H15N3O4. The molecule has 0 unspecified atom stereocenters. The number of nitrogens with zero attached hydrogens (tertiary/aromatic N) is 1. The highest BCUT2D eigenvalue weighted by atomic mass is 16.3. The first kappa shape index (κ1) is 12.3. The number of benzene rings is 1. The molecule has 0 saturated carbocycles. The van der Waals surface area contributed by atoms with E-state index in [-0.39, 0.29) is 11.7 Å². The first-order valence-corrected chi connectivity index (χ1v) is 5.59. The van der Waals surface area contributed by atoms with Gasteiger partial charge in [-0.2, -0.15) is 0 Å². The second-order valence-electron chi connectivity index (χ2n) is 4.03. The maximum Gasteiger partial charge on any atom is 0.321 e. The Bertz CT molecular complexity index is 435. The second kappa shape index (κ2) is 5.01. The zero-order valence-corrected chi connectivity index (χ0v) is 9.68. The molecule has 0 aliphatic carbocycles. The molecule has 5 N–H and O–H groups in total. The SMILES string of the molecule is O=C(Nc1cc(O)c(O)c(O)c1)N1CCNCC1. The van der Waals surface area contributed by atoms with E-state index in [0.717, 1.165) is 13.1 Å². The van der Waals surface area contributed by atoms with Crippen molar-refractivity contribution in [1.29, 1.82) is 0 Å². The molecule has 0 aromatic heterocycles. The molecule has 2 amide bonds. The van der Waals surface area contributed by atoms with Crippen LogP contribution < -0.4 is 10.6 Å². The maximum atomic E-state index is 11.8. The molecule has 0 atom stereocenters. The molecule has 2 rings (SSSR count). The van der Waals surface area contributed by atoms with Gasteiger partial charge in [0.15, 0.2) is 17.2 Å². The number of carbonyl (C=O) groups excluding carboxylic acids is 1. The number of urea groups is 1. The van der Waals surface area contributed by atoms with Crippen molar-refractivity contribution in [3.8, 4) is 17.2 Å². The van der Waals surface area contributed by atoms with E-state index in [9.17, 15) is 20.1 Å². The highest BCUT2D eigenvalue weighted by molar-refractivity contribution is 5.90. The Morgan fingerprint density at radius 3 is 2.28 bits per heavy atom. The summed E-state index contributed by atoms with van der Waals surface area (Å²) in [5.74, 6) is -1.56. The van der Waals surface area contributed by atoms with Crippen molar-refractivity contribution < 1.29 is 20.1 Å². The number of carbonyl (C=O) groups is 1. The molecule has 1 saturated heterocycles. The Morgan fingerprint density at radius 1 is 1.17 bits per heavy atom. The summed E-state index contributed by atoms with van der Waals surface area (Å²) in [7, 11) is 0. The topological polar surface area (TPSA) is 105 Å². The van der Waals surface area contributed by atoms with Crippen molar-refractivity contribution in [1.82, 2.24) is 10.2 Å². The highest BCUT2D eigenvalue weighted by Gasteiger charge is 2.17. The normalized spacial score (nSPS) is 15.4. The van der Waals surface area contributed by atoms with Crippen molar-refractivity contribution >= 4 is 11.7 Å². The van der Waals surface area contributed by atoms with E-state index >= 15 is 0 Å². The predicted octanol–water partition coefficient (Wildman–Crippen LogP) is 0.240. The van der Waals surface area contributed by atoms with Crippen molar-refractivity contribution in [3.05, 3.63) is 12.1 Å². The number of phenols is 3. The molecular weight excluding hydrogens is 238 g/mol. The van der Waals surface area contributed by atoms with Gasteiger partial charge >= 0.3 is 6.03 Å². The Balaban J connectivity index is 2.06. The number of rotatable bonds is 1. The largest absolute Gasteiger partial charge is 0.504 e. The van der Waals surface area contributed by atoms with E-state index in [1.165, 1.54) is 12.1 Å². The van der Waals surface area contributed by atoms with Crippen LogP contribution in [0.2, 0.25) is 0 Å². The first-order chi connectivity index (χ1) is 8.58. The molecule has 1 fully saturated rings. The van der Waals surface area contributed by atoms with Crippen molar-refractivity contribution in [2.75, 3.05) is 31.5 Å². The fraction of sp³-hybridized carbons (Fsp3) is 0.364. The maximum absolute atomic E-state index is 11.8. The summed E-state index contributed by atoms with van der Waals surface area (Å²) in [6.45, 7) is 2.67. The second-order valence-corrected chi connectivity index (χ2v) is 4.03. The van der Waals surface area contributed by atoms with Crippen LogP contribution in [-0.2, 0) is 0 Å². The van der Waals surface area contributed by atoms with Crippen LogP contribution in [0.1, 0.15) is 0 Å². The Labute approximate surface area is 104 Å². The number of piperazine rings is 1. The van der Waals surface area contributed by atoms with Gasteiger partial charge in [0.1, 0.15) is 0 Å². The number of anilines is 1. The molecule has 1 heterocycles. The van der Waals surface area contributed by atoms with Crippen LogP contribution in [0.15, 0.2) is 12.1 Å². The summed E-state index contributed by atoms with van der Waals surface area (Å²) in [6, 6.07) is 2.05. The van der Waals surface area contributed by atoms with E-state index in [0.29, 0.717) is 13.1 Å². The van der Waals surface area contributed by atoms with Gasteiger partial charge in [-0.1, -0.05) is 0 Å². The van der Waals surface area contributed by atoms with Crippen LogP contribution in [0.5, 0.6) is 17.2 Å². The van der Waals surface area contributed by atoms with Gasteiger partial charge in [0.2, 0.25) is 0 Å². The first-order valence-electron chi connectivity index (χ1n) is 5.59. The van der Waals surface area contributed by atoms with Crippen molar-refractivity contribution in [3.63, 3.8) is 0 Å². The zero-order valence-electron chi connectivity index (χ0n) is 9.68. The number of amides is 2. The zero-order chi connectivity index (χ0) is 13.1. The lowest BCUT2D eigenvalue weighted by Crippen LogP contribution is -2.48. The van der Waals surface area contributed by atoms with Crippen molar-refractivity contribution in [2.45, 2.75) is 0 Å². The van der Waals surface area contributed by atoms with Crippen LogP contribution in [0.4, 0.5) is 10.5 Å². The molecule has 1 aromatic carbocycles. The summed E-state index contributed by atoms with van der Waals surface area (Å²) >= 11 is 0. The fourth-order valence-corrected chi connectivity index (χ4v) is 1.75. The van der Waals surface area contributed by atoms with Crippen LogP contribution in [0.25, 0.3) is 0 Å². The lowest BCUT2D eigenvalue weighted by Gasteiger charge is -2.27. The summed E-state index contributed by atoms with van der Waals surface area (Å²) in [6.07, 6.45) is 0. The minimum Gasteiger partial charge on any atom is -0.504 e. The third kappa shape index (κ3) is 2.57. The molecule has 0 spiro atoms. The lowest BCUT2D eigenvalue weighted by molar-refractivity contribution is 0.204. The quantitative estimate of drug-likeness (QED) is 0.364. The smallest absolute Gasteiger partial charge is 0.321 e. The summed E-state index contributed by atoms with van der Waals surface area (Å²) < 4.78 is 0. The number of aromatic hydroxyl groups is 3. The minimum atomic E-state index is -0.602. The molecule has 1 aliphatic heterocycles. The van der Waals surface area contributed by atoms with Gasteiger partial charge in [-0.3, -0.25) is 0 Å². The van der Waals surface area contributed by atoms with E-state index in [1.807, 2.05) is 0 Å². The van der Waals surface area contributed by atoms with E-state index in [2.05, 4.69) is 10.6 Å². The number of nitrogens with one attached hydrogen (secondary N) is 2. The Morgan fingerprint density at radius 2 is 1.72 bits per heavy atom. The van der Waals surface area contributed by atoms with Crippen LogP contribution in [0.3, 0.4) is 0 Å². The summed E-state index contributed by atoms with van der Waals surface area (Å²) in [5, 5.41) is 33.5. The molecule has 0 bridgehead atoms. The van der Waals surface area contributed by atoms with Gasteiger partial charge in [0.05, 0.1) is 5.69 Å². The fourth-order valence-electron chi connectivity index (χ4n) is 1.75. The third-order valence-electron chi connectivity index (χ3n) is 2.73. The highest BCUT2D eigenvalue weighted by Crippen LogP contribution is 2.37. The van der Waals surface area contributed by atoms with Gasteiger partial charge in [0.25, 0.3) is 0 Å². The van der Waals surface area contributed by atoms with E-state index in [4.69, 9.17) is 0 Å². The monoisotopic (exact) mass is 253 g/mol. The predicted molar refractivity (Wildman–Crippen MR) is 64.9 cm³/mol. The number of phenolic OH excluding ortho intramolecular Hbond substituents is 3. The molecule has 98 valence electrons. The summed E-state index contributed by atoms with van der Waals surface area (Å²) in [5.41, 5.74) is 0.228. The van der Waals surface area contributed by atoms with Gasteiger partial charge in [0, 0.05) is 38.3 Å². The van der Waals surface area contributed by atoms with Crippen LogP contribution >= 0.6 is 0 Å². The number of hydrogen-bond donors (Lipinski definition) is 5. The Kier molecular flexibility index (Phi) is 3.42. The van der Waals surface area contributed by atoms with Gasteiger partial charge in [-0.15, -0.1) is 0 Å². The van der Waals surface area contributed by atoms with Gasteiger partial charge < -0.3 is 30.9 Å². The van der Waals surface area contributed by atoms with Crippen LogP contribution in [0, 0.1) is 0 Å². The van der Waals surface area contributed by atoms with E-state index < -0.39 is 17.2 Å². The average molecular weight is 253 g/mol. The number of hydrogen-bond acceptors (Lipinski definition) is 5. The lowest BCUT2D eigenvalue weighted by atomic mass is 10.2. The molecule has 7 heteroatoms. The molecule has 7 nitrogen and oxygen atoms in total. The Hall–Kier alpha value is -2.15. The molecule has 1 aliphatic rings. The van der Waals surface area contributed by atoms with Gasteiger partial charge in [-0.05, 0) is 0 Å². The molecule has 1 aromatic rings. The van der Waals surface area contributed by atoms with Crippen molar-refractivity contribution in [2.24, 2.45) is 0 Å². The third-order valence-corrected chi connectivity index (χ3v) is 2.73. The van der Waals surface area contributed by atoms with E-state index in [1.54, 1.807) is 4.90 Å². The molecule has 0 radical (unpaired) electrons. The summed E-state index contributed by atoms with van der Waals surface area (Å²) in [4.78, 5) is 13.5. The van der Waals surface area contributed by atoms with Gasteiger partial charge in [-0.25, -0.2) is 4.79 Å². The van der Waals surface area contributed by atoms with Crippen LogP contribution in [-0.4, -0.2) is 52.4 Å². The average Bonchev–Trinajstić information content (AvgIpc) is 2.37. The minimum absolute atomic E-state index is 0.228. The standard InChI is InChI=1S/C11H15N3O4/c15-8-5-7(6-9(16)10(8)17)13-11(18)14-3-1-12-2-4-14/h5-6,12,15-17H,1-4H2,(H,13,18).